The highest BCUT2D eigenvalue weighted by Crippen LogP contribution is 2.12. The van der Waals surface area contributed by atoms with Crippen LogP contribution in [-0.4, -0.2) is 32.7 Å². The number of nitrogens with one attached hydrogen (secondary N) is 1. The normalized spacial score (nSPS) is 10.1. The number of benzene rings is 1. The van der Waals surface area contributed by atoms with Crippen molar-refractivity contribution in [3.63, 3.8) is 0 Å². The summed E-state index contributed by atoms with van der Waals surface area (Å²) in [5, 5.41) is 13.6. The van der Waals surface area contributed by atoms with Gasteiger partial charge in [0, 0.05) is 6.54 Å². The first kappa shape index (κ1) is 10.3. The highest BCUT2D eigenvalue weighted by Gasteiger charge is 2.11. The fraction of sp³-hybridized carbons (Fsp3) is 0.200. The molecule has 1 amide bonds. The molecule has 0 aliphatic carbocycles. The number of hydrogen-bond donors (Lipinski definition) is 1. The van der Waals surface area contributed by atoms with Crippen LogP contribution in [0.15, 0.2) is 30.6 Å². The predicted molar refractivity (Wildman–Crippen MR) is 57.2 cm³/mol. The molecule has 0 radical (unpaired) electrons. The number of para-hydroxylation sites is 1. The number of carbonyl (C=O) groups is 1. The fourth-order valence-corrected chi connectivity index (χ4v) is 1.39. The van der Waals surface area contributed by atoms with Gasteiger partial charge in [0.15, 0.2) is 0 Å². The van der Waals surface area contributed by atoms with Gasteiger partial charge >= 0.3 is 0 Å². The van der Waals surface area contributed by atoms with Crippen LogP contribution in [0.2, 0.25) is 0 Å². The van der Waals surface area contributed by atoms with Crippen LogP contribution in [0.25, 0.3) is 5.69 Å². The summed E-state index contributed by atoms with van der Waals surface area (Å²) in [6.45, 7) is 2.46. The van der Waals surface area contributed by atoms with E-state index in [0.29, 0.717) is 17.8 Å². The van der Waals surface area contributed by atoms with Gasteiger partial charge in [-0.3, -0.25) is 4.79 Å². The number of rotatable bonds is 3. The second kappa shape index (κ2) is 4.52. The Bertz CT molecular complexity index is 480. The summed E-state index contributed by atoms with van der Waals surface area (Å²) in [6.07, 6.45) is 1.46. The van der Waals surface area contributed by atoms with Gasteiger partial charge in [0.1, 0.15) is 6.33 Å². The summed E-state index contributed by atoms with van der Waals surface area (Å²) >= 11 is 0. The van der Waals surface area contributed by atoms with E-state index in [1.54, 1.807) is 18.2 Å². The zero-order valence-electron chi connectivity index (χ0n) is 8.79. The van der Waals surface area contributed by atoms with Gasteiger partial charge in [-0.15, -0.1) is 5.10 Å². The van der Waals surface area contributed by atoms with E-state index in [-0.39, 0.29) is 5.91 Å². The van der Waals surface area contributed by atoms with Crippen LogP contribution in [0.4, 0.5) is 0 Å². The minimum atomic E-state index is -0.131. The van der Waals surface area contributed by atoms with Gasteiger partial charge in [-0.25, -0.2) is 0 Å². The first-order valence-corrected chi connectivity index (χ1v) is 4.93. The Hall–Kier alpha value is -2.24. The molecular weight excluding hydrogens is 206 g/mol. The lowest BCUT2D eigenvalue weighted by Crippen LogP contribution is -2.24. The van der Waals surface area contributed by atoms with Crippen molar-refractivity contribution in [2.24, 2.45) is 0 Å². The van der Waals surface area contributed by atoms with Crippen LogP contribution in [0.1, 0.15) is 17.3 Å². The third kappa shape index (κ3) is 1.90. The standard InChI is InChI=1S/C10H11N5O/c1-2-11-10(16)8-5-3-4-6-9(8)15-7-12-13-14-15/h3-7H,2H2,1H3,(H,11,16). The summed E-state index contributed by atoms with van der Waals surface area (Å²) in [6, 6.07) is 7.17. The molecule has 82 valence electrons. The average molecular weight is 217 g/mol. The maximum atomic E-state index is 11.8. The summed E-state index contributed by atoms with van der Waals surface area (Å²) in [4.78, 5) is 11.8. The first-order valence-electron chi connectivity index (χ1n) is 4.93. The second-order valence-corrected chi connectivity index (χ2v) is 3.13. The molecule has 0 aliphatic heterocycles. The van der Waals surface area contributed by atoms with Gasteiger partial charge in [-0.1, -0.05) is 12.1 Å². The van der Waals surface area contributed by atoms with Gasteiger partial charge in [0.2, 0.25) is 0 Å². The molecule has 0 saturated carbocycles. The molecule has 6 nitrogen and oxygen atoms in total. The Kier molecular flexibility index (Phi) is 2.90. The summed E-state index contributed by atoms with van der Waals surface area (Å²) in [7, 11) is 0. The molecule has 0 unspecified atom stereocenters. The van der Waals surface area contributed by atoms with E-state index >= 15 is 0 Å². The molecule has 0 spiro atoms. The Morgan fingerprint density at radius 3 is 2.94 bits per heavy atom. The highest BCUT2D eigenvalue weighted by molar-refractivity contribution is 5.97. The summed E-state index contributed by atoms with van der Waals surface area (Å²) < 4.78 is 1.46. The average Bonchev–Trinajstić information content (AvgIpc) is 2.83. The van der Waals surface area contributed by atoms with Crippen molar-refractivity contribution in [3.05, 3.63) is 36.2 Å². The van der Waals surface area contributed by atoms with Crippen molar-refractivity contribution in [3.8, 4) is 5.69 Å². The lowest BCUT2D eigenvalue weighted by atomic mass is 10.1. The Labute approximate surface area is 92.3 Å². The van der Waals surface area contributed by atoms with Crippen LogP contribution in [0.5, 0.6) is 0 Å². The first-order chi connectivity index (χ1) is 7.83. The number of amides is 1. The van der Waals surface area contributed by atoms with E-state index in [0.717, 1.165) is 0 Å². The molecule has 1 N–H and O–H groups in total. The van der Waals surface area contributed by atoms with E-state index in [4.69, 9.17) is 0 Å². The van der Waals surface area contributed by atoms with Crippen LogP contribution >= 0.6 is 0 Å². The quantitative estimate of drug-likeness (QED) is 0.808. The SMILES string of the molecule is CCNC(=O)c1ccccc1-n1cnnn1. The Balaban J connectivity index is 2.42. The Morgan fingerprint density at radius 1 is 1.44 bits per heavy atom. The van der Waals surface area contributed by atoms with Crippen molar-refractivity contribution >= 4 is 5.91 Å². The van der Waals surface area contributed by atoms with Gasteiger partial charge in [0.05, 0.1) is 11.3 Å². The minimum Gasteiger partial charge on any atom is -0.352 e. The lowest BCUT2D eigenvalue weighted by Gasteiger charge is -2.07. The third-order valence-electron chi connectivity index (χ3n) is 2.08. The van der Waals surface area contributed by atoms with E-state index in [1.807, 2.05) is 13.0 Å². The van der Waals surface area contributed by atoms with Crippen LogP contribution in [0.3, 0.4) is 0 Å². The zero-order chi connectivity index (χ0) is 11.4. The highest BCUT2D eigenvalue weighted by atomic mass is 16.1. The topological polar surface area (TPSA) is 72.7 Å². The van der Waals surface area contributed by atoms with E-state index in [2.05, 4.69) is 20.8 Å². The molecule has 0 aliphatic rings. The molecule has 0 saturated heterocycles. The van der Waals surface area contributed by atoms with E-state index in [9.17, 15) is 4.79 Å². The van der Waals surface area contributed by atoms with Crippen LogP contribution < -0.4 is 5.32 Å². The molecule has 1 aromatic carbocycles. The summed E-state index contributed by atoms with van der Waals surface area (Å²) in [5.74, 6) is -0.131. The Morgan fingerprint density at radius 2 is 2.25 bits per heavy atom. The molecule has 2 aromatic rings. The van der Waals surface area contributed by atoms with Crippen molar-refractivity contribution < 1.29 is 4.79 Å². The maximum Gasteiger partial charge on any atom is 0.253 e. The smallest absolute Gasteiger partial charge is 0.253 e. The van der Waals surface area contributed by atoms with Crippen molar-refractivity contribution in [1.82, 2.24) is 25.5 Å². The van der Waals surface area contributed by atoms with Gasteiger partial charge in [0.25, 0.3) is 5.91 Å². The number of hydrogen-bond acceptors (Lipinski definition) is 4. The minimum absolute atomic E-state index is 0.131. The maximum absolute atomic E-state index is 11.8. The molecule has 1 aromatic heterocycles. The molecule has 0 fully saturated rings. The van der Waals surface area contributed by atoms with E-state index in [1.165, 1.54) is 11.0 Å². The molecule has 16 heavy (non-hydrogen) atoms. The fourth-order valence-electron chi connectivity index (χ4n) is 1.39. The largest absolute Gasteiger partial charge is 0.352 e. The van der Waals surface area contributed by atoms with Gasteiger partial charge in [-0.2, -0.15) is 4.68 Å². The monoisotopic (exact) mass is 217 g/mol. The van der Waals surface area contributed by atoms with Crippen LogP contribution in [-0.2, 0) is 0 Å². The molecular formula is C10H11N5O. The third-order valence-corrected chi connectivity index (χ3v) is 2.08. The molecule has 1 heterocycles. The van der Waals surface area contributed by atoms with E-state index < -0.39 is 0 Å². The summed E-state index contributed by atoms with van der Waals surface area (Å²) in [5.41, 5.74) is 1.22. The van der Waals surface area contributed by atoms with Gasteiger partial charge in [-0.05, 0) is 29.5 Å². The predicted octanol–water partition coefficient (Wildman–Crippen LogP) is 0.412. The second-order valence-electron chi connectivity index (χ2n) is 3.13. The van der Waals surface area contributed by atoms with Crippen molar-refractivity contribution in [2.45, 2.75) is 6.92 Å². The van der Waals surface area contributed by atoms with Crippen molar-refractivity contribution in [2.75, 3.05) is 6.54 Å². The van der Waals surface area contributed by atoms with Crippen molar-refractivity contribution in [1.29, 1.82) is 0 Å². The lowest BCUT2D eigenvalue weighted by molar-refractivity contribution is 0.0955. The molecule has 2 rings (SSSR count). The number of aromatic nitrogens is 4. The molecule has 0 bridgehead atoms. The number of nitrogens with zero attached hydrogens (tertiary/aromatic N) is 4. The molecule has 6 heteroatoms. The number of carbonyl (C=O) groups excluding carboxylic acids is 1. The number of tetrazole rings is 1. The van der Waals surface area contributed by atoms with Gasteiger partial charge < -0.3 is 5.32 Å². The zero-order valence-corrected chi connectivity index (χ0v) is 8.79. The molecule has 0 atom stereocenters. The van der Waals surface area contributed by atoms with Crippen LogP contribution in [0, 0.1) is 0 Å².